The second-order valence-electron chi connectivity index (χ2n) is 5.59. The molecule has 2 heterocycles. The molecule has 1 aromatic carbocycles. The van der Waals surface area contributed by atoms with Gasteiger partial charge in [-0.2, -0.15) is 0 Å². The number of carboxylic acid groups (broad SMARTS) is 1. The summed E-state index contributed by atoms with van der Waals surface area (Å²) in [6.45, 7) is 0.301. The van der Waals surface area contributed by atoms with Gasteiger partial charge >= 0.3 is 5.97 Å². The Bertz CT molecular complexity index is 716. The van der Waals surface area contributed by atoms with Crippen molar-refractivity contribution in [2.24, 2.45) is 0 Å². The minimum absolute atomic E-state index is 0.135. The summed E-state index contributed by atoms with van der Waals surface area (Å²) >= 11 is 0. The Morgan fingerprint density at radius 1 is 1.33 bits per heavy atom. The molecule has 2 aromatic rings. The van der Waals surface area contributed by atoms with Crippen LogP contribution < -0.4 is 0 Å². The smallest absolute Gasteiger partial charge is 0.326 e. The zero-order chi connectivity index (χ0) is 17.1. The quantitative estimate of drug-likeness (QED) is 0.815. The predicted molar refractivity (Wildman–Crippen MR) is 81.4 cm³/mol. The molecule has 0 spiro atoms. The number of aromatic nitrogens is 4. The predicted octanol–water partition coefficient (Wildman–Crippen LogP) is -0.0947. The first kappa shape index (κ1) is 16.1. The van der Waals surface area contributed by atoms with E-state index >= 15 is 0 Å². The number of carbonyl (C=O) groups is 2. The largest absolute Gasteiger partial charge is 0.480 e. The van der Waals surface area contributed by atoms with Crippen LogP contribution in [0.2, 0.25) is 0 Å². The van der Waals surface area contributed by atoms with Gasteiger partial charge in [0.1, 0.15) is 12.4 Å². The molecule has 1 aromatic heterocycles. The fourth-order valence-corrected chi connectivity index (χ4v) is 2.80. The third kappa shape index (κ3) is 3.25. The molecule has 2 atom stereocenters. The summed E-state index contributed by atoms with van der Waals surface area (Å²) in [5, 5.41) is 20.2. The van der Waals surface area contributed by atoms with Crippen LogP contribution in [0.1, 0.15) is 12.0 Å². The number of methoxy groups -OCH3 is 1. The molecule has 2 unspecified atom stereocenters. The first-order chi connectivity index (χ1) is 11.6. The van der Waals surface area contributed by atoms with Crippen molar-refractivity contribution in [3.05, 3.63) is 36.2 Å². The molecule has 1 aliphatic heterocycles. The number of carbonyl (C=O) groups excluding carboxylic acids is 1. The molecule has 9 heteroatoms. The molecule has 0 aliphatic carbocycles. The molecule has 0 bridgehead atoms. The van der Waals surface area contributed by atoms with Gasteiger partial charge < -0.3 is 14.7 Å². The third-order valence-electron chi connectivity index (χ3n) is 4.11. The third-order valence-corrected chi connectivity index (χ3v) is 4.11. The van der Waals surface area contributed by atoms with Gasteiger partial charge in [-0.05, 0) is 28.1 Å². The second-order valence-corrected chi connectivity index (χ2v) is 5.59. The van der Waals surface area contributed by atoms with Crippen LogP contribution in [0.4, 0.5) is 0 Å². The van der Waals surface area contributed by atoms with Gasteiger partial charge in [-0.3, -0.25) is 4.79 Å². The number of hydrogen-bond acceptors (Lipinski definition) is 6. The molecule has 1 amide bonds. The number of rotatable bonds is 5. The highest BCUT2D eigenvalue weighted by Gasteiger charge is 2.39. The van der Waals surface area contributed by atoms with E-state index in [1.807, 2.05) is 0 Å². The maximum absolute atomic E-state index is 12.5. The molecule has 1 aliphatic rings. The van der Waals surface area contributed by atoms with E-state index in [0.29, 0.717) is 13.0 Å². The summed E-state index contributed by atoms with van der Waals surface area (Å²) in [4.78, 5) is 25.2. The molecule has 9 nitrogen and oxygen atoms in total. The summed E-state index contributed by atoms with van der Waals surface area (Å²) < 4.78 is 6.71. The van der Waals surface area contributed by atoms with E-state index in [-0.39, 0.29) is 18.4 Å². The second kappa shape index (κ2) is 6.75. The van der Waals surface area contributed by atoms with Crippen molar-refractivity contribution in [3.63, 3.8) is 0 Å². The van der Waals surface area contributed by atoms with Gasteiger partial charge in [0.15, 0.2) is 0 Å². The molecule has 126 valence electrons. The first-order valence-electron chi connectivity index (χ1n) is 7.46. The van der Waals surface area contributed by atoms with Crippen molar-refractivity contribution < 1.29 is 19.4 Å². The molecular formula is C15H17N5O4. The summed E-state index contributed by atoms with van der Waals surface area (Å²) in [6.07, 6.45) is 1.69. The lowest BCUT2D eigenvalue weighted by atomic mass is 10.1. The molecule has 1 fully saturated rings. The Morgan fingerprint density at radius 2 is 2.08 bits per heavy atom. The Hall–Kier alpha value is -2.81. The van der Waals surface area contributed by atoms with Gasteiger partial charge in [0.05, 0.1) is 18.2 Å². The standard InChI is InChI=1S/C15H17N5O4/c1-24-12-7-13(15(22)23)19(8-12)14(21)6-10-2-4-11(5-3-10)20-9-16-17-18-20/h2-5,9,12-13H,6-8H2,1H3,(H,22,23). The Balaban J connectivity index is 1.69. The number of amides is 1. The average Bonchev–Trinajstić information content (AvgIpc) is 3.25. The lowest BCUT2D eigenvalue weighted by Crippen LogP contribution is -2.41. The molecule has 0 saturated carbocycles. The van der Waals surface area contributed by atoms with Crippen LogP contribution in [0, 0.1) is 0 Å². The number of hydrogen-bond donors (Lipinski definition) is 1. The fourth-order valence-electron chi connectivity index (χ4n) is 2.80. The minimum atomic E-state index is -1.00. The van der Waals surface area contributed by atoms with Crippen molar-refractivity contribution in [3.8, 4) is 5.69 Å². The number of nitrogens with zero attached hydrogens (tertiary/aromatic N) is 5. The van der Waals surface area contributed by atoms with E-state index in [2.05, 4.69) is 15.5 Å². The number of ether oxygens (including phenoxy) is 1. The van der Waals surface area contributed by atoms with E-state index in [1.54, 1.807) is 24.3 Å². The van der Waals surface area contributed by atoms with E-state index < -0.39 is 12.0 Å². The van der Waals surface area contributed by atoms with Gasteiger partial charge in [0.2, 0.25) is 5.91 Å². The summed E-state index contributed by atoms with van der Waals surface area (Å²) in [6, 6.07) is 6.37. The van der Waals surface area contributed by atoms with Crippen molar-refractivity contribution in [1.29, 1.82) is 0 Å². The average molecular weight is 331 g/mol. The number of carboxylic acids is 1. The molecule has 0 radical (unpaired) electrons. The highest BCUT2D eigenvalue weighted by Crippen LogP contribution is 2.21. The maximum Gasteiger partial charge on any atom is 0.326 e. The van der Waals surface area contributed by atoms with Gasteiger partial charge in [0, 0.05) is 20.1 Å². The molecule has 24 heavy (non-hydrogen) atoms. The highest BCUT2D eigenvalue weighted by molar-refractivity contribution is 5.85. The summed E-state index contributed by atoms with van der Waals surface area (Å²) in [5.74, 6) is -1.23. The van der Waals surface area contributed by atoms with Crippen molar-refractivity contribution in [2.45, 2.75) is 25.0 Å². The lowest BCUT2D eigenvalue weighted by Gasteiger charge is -2.21. The van der Waals surface area contributed by atoms with Gasteiger partial charge in [0.25, 0.3) is 0 Å². The normalized spacial score (nSPS) is 20.3. The monoisotopic (exact) mass is 331 g/mol. The van der Waals surface area contributed by atoms with Gasteiger partial charge in [-0.1, -0.05) is 12.1 Å². The van der Waals surface area contributed by atoms with Crippen LogP contribution in [0.25, 0.3) is 5.69 Å². The van der Waals surface area contributed by atoms with E-state index in [1.165, 1.54) is 23.0 Å². The Labute approximate surface area is 137 Å². The number of tetrazole rings is 1. The van der Waals surface area contributed by atoms with Crippen molar-refractivity contribution >= 4 is 11.9 Å². The molecule has 3 rings (SSSR count). The van der Waals surface area contributed by atoms with E-state index in [0.717, 1.165) is 11.3 Å². The molecular weight excluding hydrogens is 314 g/mol. The van der Waals surface area contributed by atoms with Gasteiger partial charge in [-0.15, -0.1) is 5.10 Å². The molecule has 1 saturated heterocycles. The van der Waals surface area contributed by atoms with Crippen LogP contribution in [0.5, 0.6) is 0 Å². The maximum atomic E-state index is 12.5. The summed E-state index contributed by atoms with van der Waals surface area (Å²) in [7, 11) is 1.52. The number of benzene rings is 1. The van der Waals surface area contributed by atoms with Crippen LogP contribution in [0.15, 0.2) is 30.6 Å². The topological polar surface area (TPSA) is 110 Å². The van der Waals surface area contributed by atoms with Gasteiger partial charge in [-0.25, -0.2) is 9.48 Å². The summed E-state index contributed by atoms with van der Waals surface area (Å²) in [5.41, 5.74) is 1.57. The van der Waals surface area contributed by atoms with Crippen LogP contribution in [-0.2, 0) is 20.7 Å². The van der Waals surface area contributed by atoms with E-state index in [9.17, 15) is 14.7 Å². The van der Waals surface area contributed by atoms with Crippen LogP contribution in [0.3, 0.4) is 0 Å². The zero-order valence-electron chi connectivity index (χ0n) is 13.1. The highest BCUT2D eigenvalue weighted by atomic mass is 16.5. The number of likely N-dealkylation sites (tertiary alicyclic amines) is 1. The lowest BCUT2D eigenvalue weighted by molar-refractivity contribution is -0.148. The Morgan fingerprint density at radius 3 is 2.67 bits per heavy atom. The van der Waals surface area contributed by atoms with Crippen LogP contribution in [-0.4, -0.2) is 67.9 Å². The Kier molecular flexibility index (Phi) is 4.52. The van der Waals surface area contributed by atoms with E-state index in [4.69, 9.17) is 4.74 Å². The van der Waals surface area contributed by atoms with Crippen molar-refractivity contribution in [1.82, 2.24) is 25.1 Å². The van der Waals surface area contributed by atoms with Crippen molar-refractivity contribution in [2.75, 3.05) is 13.7 Å². The minimum Gasteiger partial charge on any atom is -0.480 e. The number of aliphatic carboxylic acids is 1. The fraction of sp³-hybridized carbons (Fsp3) is 0.400. The first-order valence-corrected chi connectivity index (χ1v) is 7.46. The van der Waals surface area contributed by atoms with Crippen LogP contribution >= 0.6 is 0 Å². The SMILES string of the molecule is COC1CC(C(=O)O)N(C(=O)Cc2ccc(-n3cnnn3)cc2)C1. The molecule has 1 N–H and O–H groups in total. The zero-order valence-corrected chi connectivity index (χ0v) is 13.1.